The molecule has 124 heavy (non-hydrogen) atoms. The van der Waals surface area contributed by atoms with Crippen molar-refractivity contribution in [2.45, 2.75) is 101 Å². The number of anilines is 6. The number of benzene rings is 16. The van der Waals surface area contributed by atoms with E-state index in [0.29, 0.717) is 6.61 Å². The molecule has 0 amide bonds. The molecule has 0 saturated heterocycles. The first-order valence-electron chi connectivity index (χ1n) is 42.9. The summed E-state index contributed by atoms with van der Waals surface area (Å²) in [5.41, 5.74) is 30.0. The van der Waals surface area contributed by atoms with Gasteiger partial charge in [0.2, 0.25) is 0 Å². The lowest BCUT2D eigenvalue weighted by atomic mass is 10.1. The molecule has 0 atom stereocenters. The van der Waals surface area contributed by atoms with Crippen LogP contribution in [0, 0.1) is 69.2 Å². The normalized spacial score (nSPS) is 10.6. The van der Waals surface area contributed by atoms with Crippen molar-refractivity contribution in [2.75, 3.05) is 41.2 Å². The number of nitrogens with zero attached hydrogens (tertiary/aromatic N) is 3. The number of methoxy groups -OCH3 is 1. The summed E-state index contributed by atoms with van der Waals surface area (Å²) < 4.78 is 11.0. The highest BCUT2D eigenvalue weighted by atomic mass is 32.2. The largest absolute Gasteiger partial charge is 0.497 e. The highest BCUT2D eigenvalue weighted by Crippen LogP contribution is 2.36. The summed E-state index contributed by atoms with van der Waals surface area (Å²) in [4.78, 5) is 8.28. The molecule has 16 aromatic carbocycles. The van der Waals surface area contributed by atoms with Gasteiger partial charge in [0.25, 0.3) is 0 Å². The van der Waals surface area contributed by atoms with Gasteiger partial charge in [0.1, 0.15) is 18.1 Å². The monoisotopic (exact) mass is 1640 g/mol. The number of fused-ring (bicyclic) bond motifs is 1. The summed E-state index contributed by atoms with van der Waals surface area (Å²) in [6.07, 6.45) is 14.9. The molecule has 0 aliphatic heterocycles. The maximum absolute atomic E-state index is 5.83. The lowest BCUT2D eigenvalue weighted by molar-refractivity contribution is 0.306. The van der Waals surface area contributed by atoms with Crippen LogP contribution in [0.25, 0.3) is 47.2 Å². The van der Waals surface area contributed by atoms with Crippen LogP contribution in [0.3, 0.4) is 0 Å². The second-order valence-corrected chi connectivity index (χ2v) is 31.9. The van der Waals surface area contributed by atoms with E-state index in [-0.39, 0.29) is 0 Å². The van der Waals surface area contributed by atoms with Crippen molar-refractivity contribution < 1.29 is 9.47 Å². The van der Waals surface area contributed by atoms with Gasteiger partial charge < -0.3 is 24.2 Å². The zero-order valence-electron chi connectivity index (χ0n) is 74.9. The number of hydrogen-bond donors (Lipinski definition) is 0. The fourth-order valence-corrected chi connectivity index (χ4v) is 13.6. The van der Waals surface area contributed by atoms with E-state index in [1.807, 2.05) is 48.5 Å². The maximum atomic E-state index is 5.83. The summed E-state index contributed by atoms with van der Waals surface area (Å²) in [5.74, 6) is 1.80. The number of ether oxygens (including phenoxy) is 2. The Kier molecular flexibility index (Phi) is 37.3. The van der Waals surface area contributed by atoms with Crippen LogP contribution in [0.5, 0.6) is 11.5 Å². The van der Waals surface area contributed by atoms with Crippen molar-refractivity contribution in [3.63, 3.8) is 0 Å². The number of para-hydroxylation sites is 2. The first-order chi connectivity index (χ1) is 60.3. The van der Waals surface area contributed by atoms with Crippen LogP contribution in [-0.4, -0.2) is 26.5 Å². The third-order valence-electron chi connectivity index (χ3n) is 20.8. The molecule has 16 rings (SSSR count). The van der Waals surface area contributed by atoms with Crippen molar-refractivity contribution in [1.82, 2.24) is 0 Å². The first kappa shape index (κ1) is 92.6. The first-order valence-corrected chi connectivity index (χ1v) is 44.1. The van der Waals surface area contributed by atoms with Gasteiger partial charge in [0, 0.05) is 58.7 Å². The lowest BCUT2D eigenvalue weighted by Crippen LogP contribution is -2.21. The van der Waals surface area contributed by atoms with Gasteiger partial charge in [-0.25, -0.2) is 0 Å². The smallest absolute Gasteiger partial charge is 0.120 e. The minimum atomic E-state index is 0.609. The molecular formula is C118H121N3O2S. The summed E-state index contributed by atoms with van der Waals surface area (Å²) in [5, 5.41) is 2.48. The standard InChI is InChI=1S/C21H21N.C20H19N.C18H16O.C16H16O.C16H16S.C16H16.C11H17N/c1-16-4-10-19(11-5-16)22(20-12-6-17(2)7-13-20)21-14-8-18(3)9-15-21;1-17-12-14-18(15-13-17)16-21(19-8-4-2-5-9-19)20-10-6-3-7-11-20;1-14-7-8-17-12-18(10-9-16(17)11-14)19-13-15-5-3-2-4-6-15;2*1-13-3-5-14(6-4-13)7-8-15-9-11-16(17-2)12-10-15;1-13-3-7-15(8-4-13)11-12-16-9-5-14(2)6-10-16;1-4-12(5-2)11-8-6-10(3)7-9-11/h4-15H,1-3H3;2-15H,16H2,1H3;2-12H,13H2,1H3;2*3-12H,1-2H3;3-12H,1-2H3;6-9H,4-5H2,1-3H3. The van der Waals surface area contributed by atoms with Crippen molar-refractivity contribution in [3.05, 3.63) is 494 Å². The Bertz CT molecular complexity index is 5520. The fraction of sp³-hybridized carbons (Fsp3) is 0.153. The average Bonchev–Trinajstić information content (AvgIpc) is 0.808. The van der Waals surface area contributed by atoms with Gasteiger partial charge in [-0.2, -0.15) is 0 Å². The van der Waals surface area contributed by atoms with Crippen molar-refractivity contribution in [1.29, 1.82) is 0 Å². The molecule has 16 aromatic rings. The Morgan fingerprint density at radius 1 is 0.258 bits per heavy atom. The molecule has 0 N–H and O–H groups in total. The molecule has 0 fully saturated rings. The molecule has 0 aliphatic rings. The van der Waals surface area contributed by atoms with Gasteiger partial charge >= 0.3 is 0 Å². The fourth-order valence-electron chi connectivity index (χ4n) is 13.2. The van der Waals surface area contributed by atoms with Gasteiger partial charge in [0.05, 0.1) is 7.11 Å². The number of aryl methyl sites for hydroxylation is 10. The number of rotatable bonds is 21. The molecule has 0 heterocycles. The van der Waals surface area contributed by atoms with Crippen LogP contribution in [-0.2, 0) is 13.2 Å². The molecule has 626 valence electrons. The van der Waals surface area contributed by atoms with E-state index < -0.39 is 0 Å². The van der Waals surface area contributed by atoms with Crippen LogP contribution >= 0.6 is 11.8 Å². The van der Waals surface area contributed by atoms with E-state index in [4.69, 9.17) is 9.47 Å². The van der Waals surface area contributed by atoms with Gasteiger partial charge in [-0.1, -0.05) is 377 Å². The predicted octanol–water partition coefficient (Wildman–Crippen LogP) is 32.5. The van der Waals surface area contributed by atoms with Crippen molar-refractivity contribution >= 4 is 93.1 Å². The molecule has 0 spiro atoms. The van der Waals surface area contributed by atoms with Gasteiger partial charge in [-0.05, 0) is 254 Å². The number of thioether (sulfide) groups is 1. The van der Waals surface area contributed by atoms with E-state index in [0.717, 1.165) is 31.1 Å². The van der Waals surface area contributed by atoms with E-state index in [9.17, 15) is 0 Å². The van der Waals surface area contributed by atoms with Crippen LogP contribution in [0.1, 0.15) is 114 Å². The Hall–Kier alpha value is -13.7. The summed E-state index contributed by atoms with van der Waals surface area (Å²) in [6, 6.07) is 138. The molecule has 0 radical (unpaired) electrons. The lowest BCUT2D eigenvalue weighted by Gasteiger charge is -2.25. The molecule has 0 bridgehead atoms. The highest BCUT2D eigenvalue weighted by molar-refractivity contribution is 7.98. The van der Waals surface area contributed by atoms with Crippen LogP contribution in [0.15, 0.2) is 399 Å². The minimum absolute atomic E-state index is 0.609. The van der Waals surface area contributed by atoms with E-state index in [2.05, 4.69) is 486 Å². The second-order valence-electron chi connectivity index (χ2n) is 31.1. The van der Waals surface area contributed by atoms with E-state index >= 15 is 0 Å². The average molecular weight is 1650 g/mol. The number of hydrogen-bond acceptors (Lipinski definition) is 6. The molecule has 0 unspecified atom stereocenters. The molecule has 6 heteroatoms. The summed E-state index contributed by atoms with van der Waals surface area (Å²) in [7, 11) is 1.68. The third-order valence-corrected chi connectivity index (χ3v) is 21.5. The van der Waals surface area contributed by atoms with Gasteiger partial charge in [0.15, 0.2) is 0 Å². The van der Waals surface area contributed by atoms with Gasteiger partial charge in [-0.3, -0.25) is 0 Å². The Morgan fingerprint density at radius 2 is 0.540 bits per heavy atom. The Balaban J connectivity index is 0.000000152. The summed E-state index contributed by atoms with van der Waals surface area (Å²) >= 11 is 1.77. The molecule has 0 aromatic heterocycles. The topological polar surface area (TPSA) is 28.2 Å². The Labute approximate surface area is 745 Å². The zero-order valence-corrected chi connectivity index (χ0v) is 75.7. The summed E-state index contributed by atoms with van der Waals surface area (Å²) in [6.45, 7) is 29.1. The predicted molar refractivity (Wildman–Crippen MR) is 542 cm³/mol. The van der Waals surface area contributed by atoms with E-state index in [1.165, 1.54) is 150 Å². The van der Waals surface area contributed by atoms with Crippen LogP contribution in [0.4, 0.5) is 34.1 Å². The van der Waals surface area contributed by atoms with Crippen molar-refractivity contribution in [2.24, 2.45) is 0 Å². The van der Waals surface area contributed by atoms with Crippen LogP contribution < -0.4 is 24.2 Å². The van der Waals surface area contributed by atoms with E-state index in [1.54, 1.807) is 18.9 Å². The minimum Gasteiger partial charge on any atom is -0.497 e. The van der Waals surface area contributed by atoms with Crippen LogP contribution in [0.2, 0.25) is 0 Å². The van der Waals surface area contributed by atoms with Crippen molar-refractivity contribution in [3.8, 4) is 11.5 Å². The molecule has 0 saturated carbocycles. The quantitative estimate of drug-likeness (QED) is 0.0526. The maximum Gasteiger partial charge on any atom is 0.120 e. The second kappa shape index (κ2) is 49.9. The molecular weight excluding hydrogens is 1520 g/mol. The highest BCUT2D eigenvalue weighted by Gasteiger charge is 2.13. The Morgan fingerprint density at radius 3 is 0.879 bits per heavy atom. The molecule has 5 nitrogen and oxygen atoms in total. The van der Waals surface area contributed by atoms with Gasteiger partial charge in [-0.15, -0.1) is 11.8 Å². The SMILES string of the molecule is CCN(CC)c1ccc(C)cc1.COc1ccc(C=Cc2ccc(C)cc2)cc1.CSc1ccc(C=Cc2ccc(C)cc2)cc1.Cc1ccc(C=Cc2ccc(C)cc2)cc1.Cc1ccc(CN(c2ccccc2)c2ccccc2)cc1.Cc1ccc(N(c2ccc(C)cc2)c2ccc(C)cc2)cc1.Cc1ccc2cc(OCc3ccccc3)ccc2c1. The zero-order chi connectivity index (χ0) is 87.6. The molecule has 0 aliphatic carbocycles. The third kappa shape index (κ3) is 31.7.